The van der Waals surface area contributed by atoms with E-state index in [9.17, 15) is 0 Å². The highest BCUT2D eigenvalue weighted by Crippen LogP contribution is 2.27. The number of rotatable bonds is 4. The van der Waals surface area contributed by atoms with Crippen molar-refractivity contribution in [1.29, 1.82) is 0 Å². The molecule has 5 rings (SSSR count). The molecule has 0 aliphatic rings. The highest BCUT2D eigenvalue weighted by atomic mass is 15.5. The van der Waals surface area contributed by atoms with E-state index in [1.165, 1.54) is 0 Å². The second-order valence-corrected chi connectivity index (χ2v) is 6.38. The van der Waals surface area contributed by atoms with Crippen molar-refractivity contribution in [2.24, 2.45) is 14.1 Å². The van der Waals surface area contributed by atoms with Crippen LogP contribution in [0.25, 0.3) is 28.0 Å². The molecule has 0 saturated carbocycles. The van der Waals surface area contributed by atoms with Crippen molar-refractivity contribution >= 4 is 22.7 Å². The molecule has 0 atom stereocenters. The van der Waals surface area contributed by atoms with Crippen molar-refractivity contribution in [3.8, 4) is 16.9 Å². The second kappa shape index (κ2) is 6.31. The van der Waals surface area contributed by atoms with E-state index in [0.717, 1.165) is 33.8 Å². The molecular formula is C19H17N9. The molecule has 0 fully saturated rings. The fourth-order valence-corrected chi connectivity index (χ4v) is 3.13. The average molecular weight is 371 g/mol. The quantitative estimate of drug-likeness (QED) is 0.522. The van der Waals surface area contributed by atoms with Crippen LogP contribution in [0.1, 0.15) is 0 Å². The zero-order valence-electron chi connectivity index (χ0n) is 15.4. The minimum Gasteiger partial charge on any atom is -0.325 e. The van der Waals surface area contributed by atoms with E-state index in [2.05, 4.69) is 25.7 Å². The van der Waals surface area contributed by atoms with Crippen molar-refractivity contribution in [2.45, 2.75) is 0 Å². The predicted molar refractivity (Wildman–Crippen MR) is 105 cm³/mol. The fraction of sp³-hybridized carbons (Fsp3) is 0.105. The molecule has 28 heavy (non-hydrogen) atoms. The Balaban J connectivity index is 1.58. The molecule has 0 aliphatic carbocycles. The fourth-order valence-electron chi connectivity index (χ4n) is 3.13. The van der Waals surface area contributed by atoms with Gasteiger partial charge in [0.05, 0.1) is 29.7 Å². The molecule has 9 nitrogen and oxygen atoms in total. The molecule has 4 aromatic heterocycles. The van der Waals surface area contributed by atoms with Crippen LogP contribution in [0.3, 0.4) is 0 Å². The summed E-state index contributed by atoms with van der Waals surface area (Å²) in [6.07, 6.45) is 5.05. The van der Waals surface area contributed by atoms with Crippen LogP contribution < -0.4 is 5.32 Å². The monoisotopic (exact) mass is 371 g/mol. The lowest BCUT2D eigenvalue weighted by atomic mass is 10.1. The van der Waals surface area contributed by atoms with E-state index in [-0.39, 0.29) is 0 Å². The van der Waals surface area contributed by atoms with Crippen molar-refractivity contribution in [3.63, 3.8) is 0 Å². The molecule has 0 amide bonds. The third kappa shape index (κ3) is 2.69. The Morgan fingerprint density at radius 3 is 2.46 bits per heavy atom. The van der Waals surface area contributed by atoms with Gasteiger partial charge in [-0.05, 0) is 0 Å². The first-order valence-electron chi connectivity index (χ1n) is 8.75. The van der Waals surface area contributed by atoms with Gasteiger partial charge < -0.3 is 5.32 Å². The third-order valence-corrected chi connectivity index (χ3v) is 4.52. The van der Waals surface area contributed by atoms with Crippen LogP contribution >= 0.6 is 0 Å². The number of pyridine rings is 1. The van der Waals surface area contributed by atoms with E-state index in [4.69, 9.17) is 4.98 Å². The van der Waals surface area contributed by atoms with E-state index in [0.29, 0.717) is 5.82 Å². The largest absolute Gasteiger partial charge is 0.325 e. The van der Waals surface area contributed by atoms with Gasteiger partial charge in [-0.25, -0.2) is 4.98 Å². The Bertz CT molecular complexity index is 1250. The number of aryl methyl sites for hydroxylation is 2. The first-order valence-corrected chi connectivity index (χ1v) is 8.75. The lowest BCUT2D eigenvalue weighted by Gasteiger charge is -2.09. The second-order valence-electron chi connectivity index (χ2n) is 6.38. The molecule has 0 spiro atoms. The van der Waals surface area contributed by atoms with Crippen LogP contribution in [-0.2, 0) is 14.1 Å². The van der Waals surface area contributed by atoms with Gasteiger partial charge in [0.1, 0.15) is 17.3 Å². The Labute approximate surface area is 160 Å². The van der Waals surface area contributed by atoms with Gasteiger partial charge in [-0.1, -0.05) is 30.3 Å². The van der Waals surface area contributed by atoms with Crippen LogP contribution in [0.2, 0.25) is 0 Å². The number of aromatic nitrogens is 8. The molecular weight excluding hydrogens is 354 g/mol. The van der Waals surface area contributed by atoms with Crippen molar-refractivity contribution in [2.75, 3.05) is 5.32 Å². The lowest BCUT2D eigenvalue weighted by Crippen LogP contribution is -2.05. The van der Waals surface area contributed by atoms with Gasteiger partial charge in [0.2, 0.25) is 0 Å². The van der Waals surface area contributed by atoms with Gasteiger partial charge in [-0.15, -0.1) is 0 Å². The summed E-state index contributed by atoms with van der Waals surface area (Å²) in [6.45, 7) is 0. The summed E-state index contributed by atoms with van der Waals surface area (Å²) in [5.74, 6) is 1.48. The number of fused-ring (bicyclic) bond motifs is 1. The first kappa shape index (κ1) is 16.2. The number of nitrogens with one attached hydrogen (secondary N) is 1. The Hall–Kier alpha value is -4.01. The number of anilines is 2. The van der Waals surface area contributed by atoms with Gasteiger partial charge in [-0.2, -0.15) is 25.2 Å². The summed E-state index contributed by atoms with van der Waals surface area (Å²) in [6, 6.07) is 14.0. The highest BCUT2D eigenvalue weighted by molar-refractivity contribution is 5.86. The number of hydrogen-bond acceptors (Lipinski definition) is 6. The SMILES string of the molecule is Cn1nc(-c2ccccc2)cc1Nc1cc(-n2nccn2)c2cnn(C)c2n1. The lowest BCUT2D eigenvalue weighted by molar-refractivity contribution is 0.755. The molecule has 0 bridgehead atoms. The van der Waals surface area contributed by atoms with Gasteiger partial charge in [0.15, 0.2) is 5.65 Å². The van der Waals surface area contributed by atoms with Crippen LogP contribution in [0, 0.1) is 0 Å². The average Bonchev–Trinajstić information content (AvgIpc) is 3.45. The Kier molecular flexibility index (Phi) is 3.64. The number of benzene rings is 1. The normalized spacial score (nSPS) is 11.2. The van der Waals surface area contributed by atoms with E-state index >= 15 is 0 Å². The zero-order valence-corrected chi connectivity index (χ0v) is 15.4. The summed E-state index contributed by atoms with van der Waals surface area (Å²) in [5.41, 5.74) is 3.49. The van der Waals surface area contributed by atoms with Gasteiger partial charge >= 0.3 is 0 Å². The molecule has 5 aromatic rings. The van der Waals surface area contributed by atoms with Crippen LogP contribution in [-0.4, -0.2) is 39.5 Å². The maximum Gasteiger partial charge on any atom is 0.162 e. The van der Waals surface area contributed by atoms with E-state index in [1.54, 1.807) is 32.8 Å². The summed E-state index contributed by atoms with van der Waals surface area (Å²) in [7, 11) is 3.75. The highest BCUT2D eigenvalue weighted by Gasteiger charge is 2.14. The van der Waals surface area contributed by atoms with Gasteiger partial charge in [-0.3, -0.25) is 9.36 Å². The molecule has 0 aliphatic heterocycles. The third-order valence-electron chi connectivity index (χ3n) is 4.52. The van der Waals surface area contributed by atoms with Crippen LogP contribution in [0.5, 0.6) is 0 Å². The van der Waals surface area contributed by atoms with E-state index in [1.807, 2.05) is 56.6 Å². The maximum atomic E-state index is 4.70. The first-order chi connectivity index (χ1) is 13.7. The Morgan fingerprint density at radius 2 is 1.68 bits per heavy atom. The van der Waals surface area contributed by atoms with Gasteiger partial charge in [0.25, 0.3) is 0 Å². The minimum absolute atomic E-state index is 0.658. The molecule has 9 heteroatoms. The van der Waals surface area contributed by atoms with Crippen molar-refractivity contribution < 1.29 is 0 Å². The molecule has 138 valence electrons. The number of nitrogens with zero attached hydrogens (tertiary/aromatic N) is 8. The smallest absolute Gasteiger partial charge is 0.162 e. The van der Waals surface area contributed by atoms with Crippen molar-refractivity contribution in [1.82, 2.24) is 39.5 Å². The zero-order chi connectivity index (χ0) is 19.1. The standard InChI is InChI=1S/C19H17N9/c1-26-18(10-15(25-26)13-6-4-3-5-7-13)23-17-11-16(28-20-8-9-21-28)14-12-22-27(2)19(14)24-17/h3-12H,1-2H3,(H,23,24). The predicted octanol–water partition coefficient (Wildman–Crippen LogP) is 2.69. The van der Waals surface area contributed by atoms with E-state index < -0.39 is 0 Å². The maximum absolute atomic E-state index is 4.70. The molecule has 1 aromatic carbocycles. The summed E-state index contributed by atoms with van der Waals surface area (Å²) < 4.78 is 3.52. The molecule has 4 heterocycles. The molecule has 1 N–H and O–H groups in total. The summed E-state index contributed by atoms with van der Waals surface area (Å²) >= 11 is 0. The summed E-state index contributed by atoms with van der Waals surface area (Å²) in [5, 5.41) is 21.6. The topological polar surface area (TPSA) is 91.3 Å². The number of hydrogen-bond donors (Lipinski definition) is 1. The molecule has 0 saturated heterocycles. The molecule has 0 radical (unpaired) electrons. The van der Waals surface area contributed by atoms with Crippen LogP contribution in [0.15, 0.2) is 61.1 Å². The van der Waals surface area contributed by atoms with Crippen molar-refractivity contribution in [3.05, 3.63) is 61.1 Å². The van der Waals surface area contributed by atoms with Gasteiger partial charge in [0, 0.05) is 31.8 Å². The minimum atomic E-state index is 0.658. The Morgan fingerprint density at radius 1 is 0.893 bits per heavy atom. The summed E-state index contributed by atoms with van der Waals surface area (Å²) in [4.78, 5) is 6.27. The van der Waals surface area contributed by atoms with Crippen LogP contribution in [0.4, 0.5) is 11.6 Å². The molecule has 0 unspecified atom stereocenters.